The van der Waals surface area contributed by atoms with E-state index >= 15 is 0 Å². The monoisotopic (exact) mass is 232 g/mol. The Balaban J connectivity index is 2.20. The Kier molecular flexibility index (Phi) is 3.51. The second kappa shape index (κ2) is 4.91. The summed E-state index contributed by atoms with van der Waals surface area (Å²) in [6, 6.07) is 4.21. The summed E-state index contributed by atoms with van der Waals surface area (Å²) in [6.07, 6.45) is 3.44. The van der Waals surface area contributed by atoms with Crippen LogP contribution in [-0.4, -0.2) is 11.9 Å². The number of ketones is 1. The molecule has 0 N–H and O–H groups in total. The Morgan fingerprint density at radius 1 is 1.12 bits per heavy atom. The van der Waals surface area contributed by atoms with E-state index in [1.807, 2.05) is 13.8 Å². The van der Waals surface area contributed by atoms with Crippen molar-refractivity contribution in [2.45, 2.75) is 52.6 Å². The number of Topliss-reactive ketones (excluding diaryl/α,β-unsaturated/α-hetero) is 1. The van der Waals surface area contributed by atoms with Crippen LogP contribution in [0.15, 0.2) is 12.1 Å². The standard InChI is InChI=1S/C15H20O2/c1-10-8-11(2)15(12(3)9-10)17-14-7-5-4-6-13(14)16/h8-9,14H,4-7H2,1-3H3. The van der Waals surface area contributed by atoms with E-state index in [1.54, 1.807) is 0 Å². The van der Waals surface area contributed by atoms with E-state index in [0.29, 0.717) is 6.42 Å². The fourth-order valence-electron chi connectivity index (χ4n) is 2.57. The second-order valence-electron chi connectivity index (χ2n) is 5.05. The third-order valence-corrected chi connectivity index (χ3v) is 3.36. The lowest BCUT2D eigenvalue weighted by Gasteiger charge is -2.24. The summed E-state index contributed by atoms with van der Waals surface area (Å²) in [5.41, 5.74) is 3.49. The number of carbonyl (C=O) groups is 1. The van der Waals surface area contributed by atoms with Gasteiger partial charge < -0.3 is 4.74 Å². The lowest BCUT2D eigenvalue weighted by molar-refractivity contribution is -0.127. The van der Waals surface area contributed by atoms with Crippen LogP contribution < -0.4 is 4.74 Å². The molecule has 0 aromatic heterocycles. The highest BCUT2D eigenvalue weighted by molar-refractivity contribution is 5.84. The van der Waals surface area contributed by atoms with E-state index in [4.69, 9.17) is 4.74 Å². The normalized spacial score (nSPS) is 20.4. The average Bonchev–Trinajstić information content (AvgIpc) is 2.25. The molecule has 0 radical (unpaired) electrons. The van der Waals surface area contributed by atoms with Gasteiger partial charge in [-0.3, -0.25) is 4.79 Å². The Labute approximate surface area is 103 Å². The van der Waals surface area contributed by atoms with E-state index in [-0.39, 0.29) is 11.9 Å². The predicted molar refractivity (Wildman–Crippen MR) is 68.5 cm³/mol. The molecule has 2 heteroatoms. The van der Waals surface area contributed by atoms with Crippen molar-refractivity contribution in [3.8, 4) is 5.75 Å². The van der Waals surface area contributed by atoms with E-state index in [1.165, 1.54) is 5.56 Å². The topological polar surface area (TPSA) is 26.3 Å². The lowest BCUT2D eigenvalue weighted by atomic mass is 9.96. The van der Waals surface area contributed by atoms with Crippen LogP contribution in [0.1, 0.15) is 42.4 Å². The highest BCUT2D eigenvalue weighted by atomic mass is 16.5. The molecule has 1 atom stereocenters. The zero-order chi connectivity index (χ0) is 12.4. The third kappa shape index (κ3) is 2.68. The molecular weight excluding hydrogens is 212 g/mol. The van der Waals surface area contributed by atoms with Crippen molar-refractivity contribution in [1.29, 1.82) is 0 Å². The molecule has 1 saturated carbocycles. The average molecular weight is 232 g/mol. The van der Waals surface area contributed by atoms with Crippen LogP contribution in [0.25, 0.3) is 0 Å². The molecule has 2 nitrogen and oxygen atoms in total. The number of hydrogen-bond acceptors (Lipinski definition) is 2. The fourth-order valence-corrected chi connectivity index (χ4v) is 2.57. The molecule has 17 heavy (non-hydrogen) atoms. The van der Waals surface area contributed by atoms with E-state index in [0.717, 1.165) is 36.1 Å². The van der Waals surface area contributed by atoms with Crippen molar-refractivity contribution in [1.82, 2.24) is 0 Å². The van der Waals surface area contributed by atoms with Gasteiger partial charge in [-0.15, -0.1) is 0 Å². The first kappa shape index (κ1) is 12.2. The molecule has 0 amide bonds. The molecule has 1 fully saturated rings. The molecule has 1 aliphatic rings. The van der Waals surface area contributed by atoms with Crippen LogP contribution in [0.5, 0.6) is 5.75 Å². The third-order valence-electron chi connectivity index (χ3n) is 3.36. The van der Waals surface area contributed by atoms with Gasteiger partial charge in [0.25, 0.3) is 0 Å². The molecule has 1 aliphatic carbocycles. The fraction of sp³-hybridized carbons (Fsp3) is 0.533. The lowest BCUT2D eigenvalue weighted by Crippen LogP contribution is -2.30. The van der Waals surface area contributed by atoms with Crippen LogP contribution in [0.4, 0.5) is 0 Å². The maximum atomic E-state index is 11.8. The second-order valence-corrected chi connectivity index (χ2v) is 5.05. The van der Waals surface area contributed by atoms with Crippen LogP contribution in [0.2, 0.25) is 0 Å². The van der Waals surface area contributed by atoms with Crippen LogP contribution >= 0.6 is 0 Å². The number of benzene rings is 1. The first-order valence-corrected chi connectivity index (χ1v) is 6.35. The molecule has 92 valence electrons. The zero-order valence-corrected chi connectivity index (χ0v) is 10.9. The minimum Gasteiger partial charge on any atom is -0.482 e. The highest BCUT2D eigenvalue weighted by Crippen LogP contribution is 2.28. The summed E-state index contributed by atoms with van der Waals surface area (Å²) < 4.78 is 5.93. The first-order valence-electron chi connectivity index (χ1n) is 6.35. The van der Waals surface area contributed by atoms with Gasteiger partial charge >= 0.3 is 0 Å². The quantitative estimate of drug-likeness (QED) is 0.780. The molecular formula is C15H20O2. The number of ether oxygens (including phenoxy) is 1. The molecule has 0 saturated heterocycles. The van der Waals surface area contributed by atoms with Crippen LogP contribution in [-0.2, 0) is 4.79 Å². The largest absolute Gasteiger partial charge is 0.482 e. The molecule has 1 aromatic rings. The molecule has 2 rings (SSSR count). The van der Waals surface area contributed by atoms with E-state index < -0.39 is 0 Å². The maximum absolute atomic E-state index is 11.8. The summed E-state index contributed by atoms with van der Waals surface area (Å²) in [6.45, 7) is 6.17. The molecule has 1 aromatic carbocycles. The van der Waals surface area contributed by atoms with Gasteiger partial charge in [-0.1, -0.05) is 17.7 Å². The Morgan fingerprint density at radius 2 is 1.76 bits per heavy atom. The molecule has 0 aliphatic heterocycles. The Hall–Kier alpha value is -1.31. The SMILES string of the molecule is Cc1cc(C)c(OC2CCCCC2=O)c(C)c1. The number of aryl methyl sites for hydroxylation is 3. The molecule has 0 spiro atoms. The molecule has 1 unspecified atom stereocenters. The smallest absolute Gasteiger partial charge is 0.173 e. The molecule has 0 heterocycles. The van der Waals surface area contributed by atoms with Gasteiger partial charge in [0, 0.05) is 6.42 Å². The van der Waals surface area contributed by atoms with Crippen molar-refractivity contribution in [3.63, 3.8) is 0 Å². The molecule has 0 bridgehead atoms. The van der Waals surface area contributed by atoms with Crippen LogP contribution in [0.3, 0.4) is 0 Å². The number of hydrogen-bond donors (Lipinski definition) is 0. The van der Waals surface area contributed by atoms with E-state index in [2.05, 4.69) is 19.1 Å². The van der Waals surface area contributed by atoms with Gasteiger partial charge in [0.15, 0.2) is 11.9 Å². The minimum absolute atomic E-state index is 0.219. The van der Waals surface area contributed by atoms with Crippen molar-refractivity contribution < 1.29 is 9.53 Å². The predicted octanol–water partition coefficient (Wildman–Crippen LogP) is 3.50. The summed E-state index contributed by atoms with van der Waals surface area (Å²) >= 11 is 0. The zero-order valence-electron chi connectivity index (χ0n) is 10.9. The Morgan fingerprint density at radius 3 is 2.35 bits per heavy atom. The van der Waals surface area contributed by atoms with Gasteiger partial charge in [-0.2, -0.15) is 0 Å². The van der Waals surface area contributed by atoms with Crippen molar-refractivity contribution >= 4 is 5.78 Å². The summed E-state index contributed by atoms with van der Waals surface area (Å²) in [5.74, 6) is 1.16. The first-order chi connectivity index (χ1) is 8.08. The van der Waals surface area contributed by atoms with Crippen molar-refractivity contribution in [3.05, 3.63) is 28.8 Å². The highest BCUT2D eigenvalue weighted by Gasteiger charge is 2.24. The van der Waals surface area contributed by atoms with Gasteiger partial charge in [-0.05, 0) is 51.2 Å². The van der Waals surface area contributed by atoms with E-state index in [9.17, 15) is 4.79 Å². The number of rotatable bonds is 2. The summed E-state index contributed by atoms with van der Waals surface area (Å²) in [5, 5.41) is 0. The van der Waals surface area contributed by atoms with Crippen LogP contribution in [0, 0.1) is 20.8 Å². The van der Waals surface area contributed by atoms with Crippen molar-refractivity contribution in [2.24, 2.45) is 0 Å². The minimum atomic E-state index is -0.219. The van der Waals surface area contributed by atoms with Gasteiger partial charge in [0.2, 0.25) is 0 Å². The summed E-state index contributed by atoms with van der Waals surface area (Å²) in [7, 11) is 0. The Bertz CT molecular complexity index is 412. The number of carbonyl (C=O) groups excluding carboxylic acids is 1. The van der Waals surface area contributed by atoms with Gasteiger partial charge in [0.1, 0.15) is 5.75 Å². The summed E-state index contributed by atoms with van der Waals surface area (Å²) in [4.78, 5) is 11.8. The maximum Gasteiger partial charge on any atom is 0.173 e. The van der Waals surface area contributed by atoms with Gasteiger partial charge in [-0.25, -0.2) is 0 Å². The van der Waals surface area contributed by atoms with Crippen molar-refractivity contribution in [2.75, 3.05) is 0 Å². The van der Waals surface area contributed by atoms with Gasteiger partial charge in [0.05, 0.1) is 0 Å².